The maximum atomic E-state index is 11.7. The van der Waals surface area contributed by atoms with Gasteiger partial charge in [0.1, 0.15) is 6.26 Å². The number of hydrogen-bond acceptors (Lipinski definition) is 3. The van der Waals surface area contributed by atoms with Crippen LogP contribution < -0.4 is 10.9 Å². The number of carbonyl (C=O) groups is 1. The van der Waals surface area contributed by atoms with E-state index in [0.717, 1.165) is 10.7 Å². The Balaban J connectivity index is 2.14. The van der Waals surface area contributed by atoms with E-state index in [0.29, 0.717) is 11.3 Å². The predicted molar refractivity (Wildman–Crippen MR) is 67.1 cm³/mol. The summed E-state index contributed by atoms with van der Waals surface area (Å²) in [6.45, 7) is 0. The van der Waals surface area contributed by atoms with Crippen LogP contribution in [0.4, 0.5) is 5.69 Å². The van der Waals surface area contributed by atoms with Crippen molar-refractivity contribution in [3.05, 3.63) is 63.1 Å². The van der Waals surface area contributed by atoms with Crippen LogP contribution in [0, 0.1) is 0 Å². The van der Waals surface area contributed by atoms with E-state index in [4.69, 9.17) is 0 Å². The summed E-state index contributed by atoms with van der Waals surface area (Å²) in [6, 6.07) is 9.79. The largest absolute Gasteiger partial charge is 0.430 e. The van der Waals surface area contributed by atoms with Gasteiger partial charge in [0.15, 0.2) is 0 Å². The summed E-state index contributed by atoms with van der Waals surface area (Å²) in [4.78, 5) is 22.5. The summed E-state index contributed by atoms with van der Waals surface area (Å²) in [5.74, 6) is -0.323. The highest BCUT2D eigenvalue weighted by Crippen LogP contribution is 2.14. The van der Waals surface area contributed by atoms with Crippen molar-refractivity contribution < 1.29 is 9.21 Å². The van der Waals surface area contributed by atoms with E-state index in [9.17, 15) is 9.59 Å². The molecule has 0 atom stereocenters. The van der Waals surface area contributed by atoms with Gasteiger partial charge in [-0.25, -0.2) is 4.79 Å². The molecule has 0 saturated heterocycles. The zero-order chi connectivity index (χ0) is 12.3. The van der Waals surface area contributed by atoms with Crippen molar-refractivity contribution in [3.8, 4) is 0 Å². The smallest absolute Gasteiger partial charge is 0.335 e. The van der Waals surface area contributed by atoms with Crippen LogP contribution in [0.3, 0.4) is 0 Å². The van der Waals surface area contributed by atoms with Gasteiger partial charge in [0, 0.05) is 16.2 Å². The van der Waals surface area contributed by atoms with Crippen LogP contribution >= 0.6 is 15.9 Å². The van der Waals surface area contributed by atoms with Crippen LogP contribution in [-0.4, -0.2) is 5.91 Å². The molecule has 2 rings (SSSR count). The predicted octanol–water partition coefficient (Wildman–Crippen LogP) is 2.65. The Kier molecular flexibility index (Phi) is 3.39. The molecule has 0 aliphatic heterocycles. The number of carbonyl (C=O) groups excluding carboxylic acids is 1. The Morgan fingerprint density at radius 1 is 1.12 bits per heavy atom. The average Bonchev–Trinajstić information content (AvgIpc) is 2.33. The minimum atomic E-state index is -0.481. The molecular formula is C12H8BrNO3. The van der Waals surface area contributed by atoms with Crippen LogP contribution in [0.15, 0.2) is 56.3 Å². The van der Waals surface area contributed by atoms with E-state index in [2.05, 4.69) is 25.7 Å². The monoisotopic (exact) mass is 293 g/mol. The minimum absolute atomic E-state index is 0.299. The summed E-state index contributed by atoms with van der Waals surface area (Å²) in [7, 11) is 0. The lowest BCUT2D eigenvalue weighted by molar-refractivity contribution is 0.102. The van der Waals surface area contributed by atoms with Crippen LogP contribution in [0.2, 0.25) is 0 Å². The van der Waals surface area contributed by atoms with Gasteiger partial charge in [-0.05, 0) is 30.3 Å². The first-order valence-corrected chi connectivity index (χ1v) is 5.60. The van der Waals surface area contributed by atoms with Gasteiger partial charge in [0.2, 0.25) is 0 Å². The summed E-state index contributed by atoms with van der Waals surface area (Å²) in [5, 5.41) is 2.68. The zero-order valence-electron chi connectivity index (χ0n) is 8.64. The fourth-order valence-corrected chi connectivity index (χ4v) is 1.49. The van der Waals surface area contributed by atoms with Crippen molar-refractivity contribution in [1.29, 1.82) is 0 Å². The lowest BCUT2D eigenvalue weighted by Gasteiger charge is -2.04. The molecule has 1 N–H and O–H groups in total. The van der Waals surface area contributed by atoms with Crippen molar-refractivity contribution in [1.82, 2.24) is 0 Å². The second-order valence-electron chi connectivity index (χ2n) is 3.30. The molecule has 2 aromatic rings. The molecule has 5 heteroatoms. The molecule has 1 heterocycles. The number of rotatable bonds is 2. The van der Waals surface area contributed by atoms with Crippen molar-refractivity contribution in [2.75, 3.05) is 5.32 Å². The standard InChI is InChI=1S/C12H8BrNO3/c13-9-2-4-10(5-3-9)14-12(16)8-1-6-11(15)17-7-8/h1-7H,(H,14,16). The van der Waals surface area contributed by atoms with Gasteiger partial charge >= 0.3 is 5.63 Å². The Morgan fingerprint density at radius 2 is 1.82 bits per heavy atom. The quantitative estimate of drug-likeness (QED) is 0.926. The molecule has 86 valence electrons. The molecule has 17 heavy (non-hydrogen) atoms. The highest BCUT2D eigenvalue weighted by Gasteiger charge is 2.06. The molecule has 0 fully saturated rings. The number of halogens is 1. The molecule has 1 aromatic heterocycles. The van der Waals surface area contributed by atoms with Crippen LogP contribution in [-0.2, 0) is 0 Å². The van der Waals surface area contributed by atoms with E-state index in [1.165, 1.54) is 12.1 Å². The maximum Gasteiger partial charge on any atom is 0.335 e. The van der Waals surface area contributed by atoms with Gasteiger partial charge in [-0.1, -0.05) is 15.9 Å². The molecular weight excluding hydrogens is 286 g/mol. The topological polar surface area (TPSA) is 59.3 Å². The third kappa shape index (κ3) is 3.04. The molecule has 0 aliphatic rings. The van der Waals surface area contributed by atoms with Gasteiger partial charge in [-0.3, -0.25) is 4.79 Å². The van der Waals surface area contributed by atoms with Crippen LogP contribution in [0.1, 0.15) is 10.4 Å². The minimum Gasteiger partial charge on any atom is -0.430 e. The SMILES string of the molecule is O=C(Nc1ccc(Br)cc1)c1ccc(=O)oc1. The van der Waals surface area contributed by atoms with Crippen LogP contribution in [0.5, 0.6) is 0 Å². The first-order chi connectivity index (χ1) is 8.15. The van der Waals surface area contributed by atoms with E-state index in [1.54, 1.807) is 12.1 Å². The third-order valence-electron chi connectivity index (χ3n) is 2.07. The number of anilines is 1. The normalized spacial score (nSPS) is 9.94. The van der Waals surface area contributed by atoms with Gasteiger partial charge in [0.25, 0.3) is 5.91 Å². The molecule has 4 nitrogen and oxygen atoms in total. The van der Waals surface area contributed by atoms with Crippen molar-refractivity contribution in [2.24, 2.45) is 0 Å². The fraction of sp³-hybridized carbons (Fsp3) is 0. The summed E-state index contributed by atoms with van der Waals surface area (Å²) in [6.07, 6.45) is 1.14. The number of benzene rings is 1. The molecule has 0 bridgehead atoms. The molecule has 0 radical (unpaired) electrons. The van der Waals surface area contributed by atoms with E-state index < -0.39 is 5.63 Å². The molecule has 0 saturated carbocycles. The Bertz CT molecular complexity index is 569. The number of hydrogen-bond donors (Lipinski definition) is 1. The van der Waals surface area contributed by atoms with E-state index in [-0.39, 0.29) is 5.91 Å². The maximum absolute atomic E-state index is 11.7. The Labute approximate surface area is 105 Å². The highest BCUT2D eigenvalue weighted by atomic mass is 79.9. The Morgan fingerprint density at radius 3 is 2.41 bits per heavy atom. The zero-order valence-corrected chi connectivity index (χ0v) is 10.2. The first kappa shape index (κ1) is 11.6. The van der Waals surface area contributed by atoms with Crippen molar-refractivity contribution >= 4 is 27.5 Å². The van der Waals surface area contributed by atoms with Crippen molar-refractivity contribution in [3.63, 3.8) is 0 Å². The van der Waals surface area contributed by atoms with E-state index >= 15 is 0 Å². The molecule has 0 spiro atoms. The lowest BCUT2D eigenvalue weighted by Crippen LogP contribution is -2.12. The first-order valence-electron chi connectivity index (χ1n) is 4.81. The molecule has 1 amide bonds. The summed E-state index contributed by atoms with van der Waals surface area (Å²) in [5.41, 5.74) is 0.488. The fourth-order valence-electron chi connectivity index (χ4n) is 1.22. The van der Waals surface area contributed by atoms with Gasteiger partial charge in [0.05, 0.1) is 5.56 Å². The average molecular weight is 294 g/mol. The second-order valence-corrected chi connectivity index (χ2v) is 4.22. The summed E-state index contributed by atoms with van der Waals surface area (Å²) >= 11 is 3.30. The lowest BCUT2D eigenvalue weighted by atomic mass is 10.2. The third-order valence-corrected chi connectivity index (χ3v) is 2.59. The highest BCUT2D eigenvalue weighted by molar-refractivity contribution is 9.10. The summed E-state index contributed by atoms with van der Waals surface area (Å²) < 4.78 is 5.54. The van der Waals surface area contributed by atoms with Gasteiger partial charge < -0.3 is 9.73 Å². The number of nitrogens with one attached hydrogen (secondary N) is 1. The van der Waals surface area contributed by atoms with Crippen LogP contribution in [0.25, 0.3) is 0 Å². The van der Waals surface area contributed by atoms with Gasteiger partial charge in [-0.2, -0.15) is 0 Å². The molecule has 0 aliphatic carbocycles. The molecule has 1 aromatic carbocycles. The van der Waals surface area contributed by atoms with E-state index in [1.807, 2.05) is 12.1 Å². The van der Waals surface area contributed by atoms with Gasteiger partial charge in [-0.15, -0.1) is 0 Å². The number of amides is 1. The molecule has 0 unspecified atom stereocenters. The Hall–Kier alpha value is -1.88. The second kappa shape index (κ2) is 4.97. The van der Waals surface area contributed by atoms with Crippen molar-refractivity contribution in [2.45, 2.75) is 0 Å².